The maximum atomic E-state index is 10.6. The summed E-state index contributed by atoms with van der Waals surface area (Å²) in [6.07, 6.45) is 13.3. The van der Waals surface area contributed by atoms with Crippen LogP contribution >= 0.6 is 0 Å². The van der Waals surface area contributed by atoms with E-state index < -0.39 is 0 Å². The van der Waals surface area contributed by atoms with Crippen molar-refractivity contribution in [3.05, 3.63) is 0 Å². The van der Waals surface area contributed by atoms with Crippen molar-refractivity contribution in [2.24, 2.45) is 34.5 Å². The Morgan fingerprint density at radius 3 is 2.44 bits per heavy atom. The minimum absolute atomic E-state index is 0.0414. The van der Waals surface area contributed by atoms with E-state index in [4.69, 9.17) is 4.74 Å². The molecule has 0 bridgehead atoms. The van der Waals surface area contributed by atoms with E-state index in [0.29, 0.717) is 11.5 Å². The van der Waals surface area contributed by atoms with Gasteiger partial charge in [-0.1, -0.05) is 13.8 Å². The fourth-order valence-electron chi connectivity index (χ4n) is 7.97. The molecule has 0 heterocycles. The SMILES string of the molecule is CN(C)CCCO[C@H]1CC[C@@]2(C)C(CCC3C2CC[C@@]2(C)C3CC[C@@H]2O)C1. The molecule has 1 N–H and O–H groups in total. The van der Waals surface area contributed by atoms with Crippen LogP contribution < -0.4 is 0 Å². The van der Waals surface area contributed by atoms with Gasteiger partial charge in [0.1, 0.15) is 0 Å². The zero-order valence-electron chi connectivity index (χ0n) is 18.3. The van der Waals surface area contributed by atoms with Crippen LogP contribution in [0.25, 0.3) is 0 Å². The van der Waals surface area contributed by atoms with Crippen LogP contribution in [-0.2, 0) is 4.74 Å². The molecule has 0 aromatic carbocycles. The van der Waals surface area contributed by atoms with Crippen molar-refractivity contribution >= 4 is 0 Å². The number of nitrogens with zero attached hydrogens (tertiary/aromatic N) is 1. The van der Waals surface area contributed by atoms with Gasteiger partial charge in [-0.15, -0.1) is 0 Å². The highest BCUT2D eigenvalue weighted by atomic mass is 16.5. The average molecular weight is 378 g/mol. The molecule has 156 valence electrons. The molecule has 0 saturated heterocycles. The quantitative estimate of drug-likeness (QED) is 0.703. The summed E-state index contributed by atoms with van der Waals surface area (Å²) in [5.74, 6) is 3.42. The largest absolute Gasteiger partial charge is 0.393 e. The number of ether oxygens (including phenoxy) is 1. The van der Waals surface area contributed by atoms with E-state index in [-0.39, 0.29) is 11.5 Å². The van der Waals surface area contributed by atoms with Crippen molar-refractivity contribution < 1.29 is 9.84 Å². The smallest absolute Gasteiger partial charge is 0.0596 e. The molecule has 0 amide bonds. The van der Waals surface area contributed by atoms with Crippen LogP contribution in [0.3, 0.4) is 0 Å². The molecule has 3 heteroatoms. The Hall–Kier alpha value is -0.120. The lowest BCUT2D eigenvalue weighted by atomic mass is 9.45. The summed E-state index contributed by atoms with van der Waals surface area (Å²) in [6, 6.07) is 0. The third-order valence-corrected chi connectivity index (χ3v) is 9.67. The van der Waals surface area contributed by atoms with Crippen molar-refractivity contribution in [3.8, 4) is 0 Å². The van der Waals surface area contributed by atoms with Crippen LogP contribution in [0.1, 0.15) is 78.1 Å². The molecule has 4 unspecified atom stereocenters. The van der Waals surface area contributed by atoms with Gasteiger partial charge in [0.25, 0.3) is 0 Å². The Morgan fingerprint density at radius 1 is 0.926 bits per heavy atom. The van der Waals surface area contributed by atoms with Crippen LogP contribution in [0.4, 0.5) is 0 Å². The van der Waals surface area contributed by atoms with Gasteiger partial charge in [-0.2, -0.15) is 0 Å². The molecular weight excluding hydrogens is 334 g/mol. The first-order valence-electron chi connectivity index (χ1n) is 11.8. The van der Waals surface area contributed by atoms with E-state index in [1.54, 1.807) is 0 Å². The maximum absolute atomic E-state index is 10.6. The van der Waals surface area contributed by atoms with Gasteiger partial charge in [0, 0.05) is 6.61 Å². The van der Waals surface area contributed by atoms with Gasteiger partial charge in [0.2, 0.25) is 0 Å². The molecule has 0 aromatic heterocycles. The Labute approximate surface area is 167 Å². The summed E-state index contributed by atoms with van der Waals surface area (Å²) in [4.78, 5) is 2.25. The second-order valence-corrected chi connectivity index (χ2v) is 11.2. The lowest BCUT2D eigenvalue weighted by molar-refractivity contribution is -0.140. The zero-order valence-corrected chi connectivity index (χ0v) is 18.3. The Kier molecular flexibility index (Phi) is 5.68. The molecule has 0 aliphatic heterocycles. The molecule has 3 nitrogen and oxygen atoms in total. The van der Waals surface area contributed by atoms with Crippen molar-refractivity contribution in [1.82, 2.24) is 4.90 Å². The molecule has 4 fully saturated rings. The lowest BCUT2D eigenvalue weighted by Crippen LogP contribution is -2.54. The van der Waals surface area contributed by atoms with E-state index >= 15 is 0 Å². The number of aliphatic hydroxyl groups is 1. The highest BCUT2D eigenvalue weighted by Crippen LogP contribution is 2.66. The number of hydrogen-bond acceptors (Lipinski definition) is 3. The first-order valence-corrected chi connectivity index (χ1v) is 11.8. The normalized spacial score (nSPS) is 49.6. The molecule has 8 atom stereocenters. The van der Waals surface area contributed by atoms with Crippen LogP contribution in [0.2, 0.25) is 0 Å². The standard InChI is InChI=1S/C24H43NO2/c1-23-12-10-18(27-15-5-14-25(3)4)16-17(23)6-7-19-20-8-9-22(26)24(20,2)13-11-21(19)23/h17-22,26H,5-16H2,1-4H3/t17?,18-,19?,20?,21?,22-,23-,24-/m0/s1. The lowest BCUT2D eigenvalue weighted by Gasteiger charge is -2.60. The summed E-state index contributed by atoms with van der Waals surface area (Å²) >= 11 is 0. The molecule has 4 aliphatic carbocycles. The van der Waals surface area contributed by atoms with Gasteiger partial charge in [0.05, 0.1) is 12.2 Å². The Morgan fingerprint density at radius 2 is 1.67 bits per heavy atom. The van der Waals surface area contributed by atoms with Crippen molar-refractivity contribution in [3.63, 3.8) is 0 Å². The summed E-state index contributed by atoms with van der Waals surface area (Å²) < 4.78 is 6.30. The molecule has 0 radical (unpaired) electrons. The van der Waals surface area contributed by atoms with E-state index in [0.717, 1.165) is 49.7 Å². The number of aliphatic hydroxyl groups excluding tert-OH is 1. The summed E-state index contributed by atoms with van der Waals surface area (Å²) in [7, 11) is 4.28. The van der Waals surface area contributed by atoms with Gasteiger partial charge in [0.15, 0.2) is 0 Å². The molecule has 0 spiro atoms. The average Bonchev–Trinajstić information content (AvgIpc) is 2.94. The van der Waals surface area contributed by atoms with Gasteiger partial charge < -0.3 is 14.7 Å². The van der Waals surface area contributed by atoms with Crippen LogP contribution in [-0.4, -0.2) is 49.5 Å². The Balaban J connectivity index is 1.38. The first-order chi connectivity index (χ1) is 12.8. The zero-order chi connectivity index (χ0) is 19.2. The second-order valence-electron chi connectivity index (χ2n) is 11.2. The van der Waals surface area contributed by atoms with Gasteiger partial charge in [-0.3, -0.25) is 0 Å². The Bertz CT molecular complexity index is 523. The molecule has 0 aromatic rings. The third-order valence-electron chi connectivity index (χ3n) is 9.67. The van der Waals surface area contributed by atoms with E-state index in [2.05, 4.69) is 32.8 Å². The van der Waals surface area contributed by atoms with Crippen molar-refractivity contribution in [1.29, 1.82) is 0 Å². The predicted octanol–water partition coefficient (Wildman–Crippen LogP) is 4.73. The summed E-state index contributed by atoms with van der Waals surface area (Å²) in [5, 5.41) is 10.6. The monoisotopic (exact) mass is 377 g/mol. The molecule has 27 heavy (non-hydrogen) atoms. The van der Waals surface area contributed by atoms with Crippen molar-refractivity contribution in [2.75, 3.05) is 27.2 Å². The fraction of sp³-hybridized carbons (Fsp3) is 1.00. The number of hydrogen-bond donors (Lipinski definition) is 1. The first kappa shape index (κ1) is 20.2. The van der Waals surface area contributed by atoms with Crippen LogP contribution in [0, 0.1) is 34.5 Å². The fourth-order valence-corrected chi connectivity index (χ4v) is 7.97. The highest BCUT2D eigenvalue weighted by molar-refractivity contribution is 5.09. The molecular formula is C24H43NO2. The third kappa shape index (κ3) is 3.51. The van der Waals surface area contributed by atoms with E-state index in [9.17, 15) is 5.11 Å². The predicted molar refractivity (Wildman–Crippen MR) is 111 cm³/mol. The van der Waals surface area contributed by atoms with E-state index in [1.807, 2.05) is 0 Å². The summed E-state index contributed by atoms with van der Waals surface area (Å²) in [6.45, 7) is 7.09. The summed E-state index contributed by atoms with van der Waals surface area (Å²) in [5.41, 5.74) is 0.748. The molecule has 4 rings (SSSR count). The number of rotatable bonds is 5. The highest BCUT2D eigenvalue weighted by Gasteiger charge is 2.60. The van der Waals surface area contributed by atoms with Gasteiger partial charge >= 0.3 is 0 Å². The molecule has 4 saturated carbocycles. The van der Waals surface area contributed by atoms with Gasteiger partial charge in [-0.25, -0.2) is 0 Å². The maximum Gasteiger partial charge on any atom is 0.0596 e. The second kappa shape index (κ2) is 7.61. The minimum Gasteiger partial charge on any atom is -0.393 e. The van der Waals surface area contributed by atoms with Crippen LogP contribution in [0.15, 0.2) is 0 Å². The van der Waals surface area contributed by atoms with E-state index in [1.165, 1.54) is 51.4 Å². The minimum atomic E-state index is -0.0414. The number of fused-ring (bicyclic) bond motifs is 5. The van der Waals surface area contributed by atoms with Crippen molar-refractivity contribution in [2.45, 2.75) is 90.3 Å². The van der Waals surface area contributed by atoms with Crippen LogP contribution in [0.5, 0.6) is 0 Å². The topological polar surface area (TPSA) is 32.7 Å². The molecule has 4 aliphatic rings. The van der Waals surface area contributed by atoms with Gasteiger partial charge in [-0.05, 0) is 119 Å².